The minimum atomic E-state index is -2.93. The first-order chi connectivity index (χ1) is 6.10. The van der Waals surface area contributed by atoms with Crippen molar-refractivity contribution >= 4 is 14.1 Å². The third-order valence-corrected chi connectivity index (χ3v) is 5.18. The third kappa shape index (κ3) is 4.00. The van der Waals surface area contributed by atoms with Crippen LogP contribution in [0.5, 0.6) is 0 Å². The van der Waals surface area contributed by atoms with Gasteiger partial charge in [-0.25, -0.2) is 8.78 Å². The van der Waals surface area contributed by atoms with Crippen LogP contribution in [0.3, 0.4) is 0 Å². The maximum atomic E-state index is 12.6. The van der Waals surface area contributed by atoms with Crippen LogP contribution in [0.2, 0.25) is 13.1 Å². The van der Waals surface area contributed by atoms with Crippen molar-refractivity contribution in [1.29, 1.82) is 0 Å². The predicted molar refractivity (Wildman–Crippen MR) is 55.7 cm³/mol. The van der Waals surface area contributed by atoms with Gasteiger partial charge in [-0.1, -0.05) is 5.70 Å². The molecule has 0 rings (SSSR count). The molecule has 5 heteroatoms. The molecule has 0 fully saturated rings. The van der Waals surface area contributed by atoms with E-state index in [0.717, 1.165) is 6.92 Å². The molecule has 0 bridgehead atoms. The number of carbonyl (C=O) groups is 1. The number of hydrogen-bond acceptors (Lipinski definition) is 1. The Hall–Kier alpha value is -0.713. The van der Waals surface area contributed by atoms with E-state index in [1.807, 2.05) is 13.1 Å². The Morgan fingerprint density at radius 2 is 2.00 bits per heavy atom. The number of nitrogens with zero attached hydrogens (tertiary/aromatic N) is 1. The maximum absolute atomic E-state index is 12.6. The zero-order valence-corrected chi connectivity index (χ0v) is 10.1. The molecule has 14 heavy (non-hydrogen) atoms. The Bertz CT molecular complexity index is 235. The molecule has 1 amide bonds. The average molecular weight is 221 g/mol. The molecule has 0 aliphatic carbocycles. The van der Waals surface area contributed by atoms with Gasteiger partial charge in [0.15, 0.2) is 8.24 Å². The van der Waals surface area contributed by atoms with Crippen LogP contribution in [-0.4, -0.2) is 31.7 Å². The largest absolute Gasteiger partial charge is 0.368 e. The van der Waals surface area contributed by atoms with Crippen molar-refractivity contribution in [3.05, 3.63) is 12.3 Å². The average Bonchev–Trinajstić information content (AvgIpc) is 2.00. The van der Waals surface area contributed by atoms with Crippen molar-refractivity contribution in [3.8, 4) is 0 Å². The Morgan fingerprint density at radius 1 is 1.57 bits per heavy atom. The first kappa shape index (κ1) is 13.3. The molecule has 0 saturated carbocycles. The molecule has 2 nitrogen and oxygen atoms in total. The zero-order chi connectivity index (χ0) is 11.6. The van der Waals surface area contributed by atoms with Gasteiger partial charge in [-0.3, -0.25) is 4.79 Å². The fourth-order valence-electron chi connectivity index (χ4n) is 0.842. The number of amides is 1. The zero-order valence-electron chi connectivity index (χ0n) is 9.10. The molecule has 0 heterocycles. The van der Waals surface area contributed by atoms with Crippen LogP contribution in [0.15, 0.2) is 12.3 Å². The van der Waals surface area contributed by atoms with E-state index in [0.29, 0.717) is 0 Å². The molecule has 0 aromatic rings. The number of carbonyl (C=O) groups excluding carboxylic acids is 1. The predicted octanol–water partition coefficient (Wildman–Crippen LogP) is 2.42. The summed E-state index contributed by atoms with van der Waals surface area (Å²) in [6.07, 6.45) is -0.728. The summed E-state index contributed by atoms with van der Waals surface area (Å²) in [6.45, 7) is 8.13. The fourth-order valence-corrected chi connectivity index (χ4v) is 1.84. The molecule has 0 aliphatic heterocycles. The standard InChI is InChI=1S/C9H17F2NOSi/c1-6-14(4,5)12(3)8(13)7-9(2,10)11/h6H,1,7H2,2-5H3. The first-order valence-corrected chi connectivity index (χ1v) is 7.41. The summed E-state index contributed by atoms with van der Waals surface area (Å²) in [7, 11) is -0.472. The number of halogens is 2. The molecule has 0 unspecified atom stereocenters. The molecule has 0 saturated heterocycles. The van der Waals surface area contributed by atoms with E-state index in [4.69, 9.17) is 0 Å². The Kier molecular flexibility index (Phi) is 3.99. The first-order valence-electron chi connectivity index (χ1n) is 4.38. The SMILES string of the molecule is C=C[Si](C)(C)N(C)C(=O)CC(C)(F)F. The van der Waals surface area contributed by atoms with Crippen LogP contribution in [0.4, 0.5) is 8.78 Å². The van der Waals surface area contributed by atoms with Crippen molar-refractivity contribution in [1.82, 2.24) is 4.57 Å². The highest BCUT2D eigenvalue weighted by molar-refractivity contribution is 6.81. The van der Waals surface area contributed by atoms with Gasteiger partial charge in [0.2, 0.25) is 5.91 Å². The monoisotopic (exact) mass is 221 g/mol. The molecular formula is C9H17F2NOSi. The van der Waals surface area contributed by atoms with Crippen molar-refractivity contribution in [3.63, 3.8) is 0 Å². The van der Waals surface area contributed by atoms with Crippen LogP contribution in [0.1, 0.15) is 13.3 Å². The highest BCUT2D eigenvalue weighted by atomic mass is 28.3. The molecule has 0 radical (unpaired) electrons. The number of hydrogen-bond donors (Lipinski definition) is 0. The molecule has 0 N–H and O–H groups in total. The molecule has 82 valence electrons. The van der Waals surface area contributed by atoms with E-state index in [-0.39, 0.29) is 0 Å². The van der Waals surface area contributed by atoms with Gasteiger partial charge in [-0.15, -0.1) is 6.58 Å². The van der Waals surface area contributed by atoms with Crippen LogP contribution >= 0.6 is 0 Å². The quantitative estimate of drug-likeness (QED) is 0.668. The molecule has 0 aromatic heterocycles. The normalized spacial score (nSPS) is 12.4. The van der Waals surface area contributed by atoms with Crippen molar-refractivity contribution in [2.75, 3.05) is 7.05 Å². The van der Waals surface area contributed by atoms with Gasteiger partial charge in [0.25, 0.3) is 5.92 Å². The van der Waals surface area contributed by atoms with Gasteiger partial charge in [-0.05, 0) is 20.0 Å². The van der Waals surface area contributed by atoms with Crippen molar-refractivity contribution in [2.24, 2.45) is 0 Å². The summed E-state index contributed by atoms with van der Waals surface area (Å²) in [5.74, 6) is -3.45. The van der Waals surface area contributed by atoms with E-state index in [1.54, 1.807) is 12.7 Å². The number of alkyl halides is 2. The van der Waals surface area contributed by atoms with Gasteiger partial charge < -0.3 is 4.57 Å². The smallest absolute Gasteiger partial charge is 0.254 e. The minimum Gasteiger partial charge on any atom is -0.368 e. The van der Waals surface area contributed by atoms with Crippen LogP contribution in [0, 0.1) is 0 Å². The summed E-state index contributed by atoms with van der Waals surface area (Å²) in [6, 6.07) is 0. The van der Waals surface area contributed by atoms with Crippen molar-refractivity contribution in [2.45, 2.75) is 32.4 Å². The summed E-state index contributed by atoms with van der Waals surface area (Å²) in [5.41, 5.74) is 1.69. The van der Waals surface area contributed by atoms with Gasteiger partial charge >= 0.3 is 0 Å². The molecule has 0 aliphatic rings. The van der Waals surface area contributed by atoms with Gasteiger partial charge in [-0.2, -0.15) is 0 Å². The lowest BCUT2D eigenvalue weighted by Gasteiger charge is -2.31. The highest BCUT2D eigenvalue weighted by Gasteiger charge is 2.33. The Labute approximate surface area is 84.7 Å². The second kappa shape index (κ2) is 4.21. The maximum Gasteiger partial charge on any atom is 0.254 e. The second-order valence-electron chi connectivity index (χ2n) is 4.06. The van der Waals surface area contributed by atoms with Gasteiger partial charge in [0, 0.05) is 7.05 Å². The Morgan fingerprint density at radius 3 is 2.29 bits per heavy atom. The lowest BCUT2D eigenvalue weighted by molar-refractivity contribution is -0.132. The fraction of sp³-hybridized carbons (Fsp3) is 0.667. The van der Waals surface area contributed by atoms with E-state index in [2.05, 4.69) is 6.58 Å². The van der Waals surface area contributed by atoms with E-state index < -0.39 is 26.5 Å². The molecule has 0 spiro atoms. The van der Waals surface area contributed by atoms with E-state index in [9.17, 15) is 13.6 Å². The summed E-state index contributed by atoms with van der Waals surface area (Å²) >= 11 is 0. The van der Waals surface area contributed by atoms with Gasteiger partial charge in [0.1, 0.15) is 0 Å². The second-order valence-corrected chi connectivity index (χ2v) is 8.44. The van der Waals surface area contributed by atoms with Crippen LogP contribution < -0.4 is 0 Å². The molecule has 0 aromatic carbocycles. The summed E-state index contributed by atoms with van der Waals surface area (Å²) in [5, 5.41) is 0. The lowest BCUT2D eigenvalue weighted by atomic mass is 10.2. The number of rotatable bonds is 4. The highest BCUT2D eigenvalue weighted by Crippen LogP contribution is 2.20. The van der Waals surface area contributed by atoms with Crippen LogP contribution in [-0.2, 0) is 4.79 Å². The van der Waals surface area contributed by atoms with Crippen LogP contribution in [0.25, 0.3) is 0 Å². The van der Waals surface area contributed by atoms with Gasteiger partial charge in [0.05, 0.1) is 6.42 Å². The minimum absolute atomic E-state index is 0.519. The van der Waals surface area contributed by atoms with E-state index >= 15 is 0 Å². The summed E-state index contributed by atoms with van der Waals surface area (Å²) < 4.78 is 26.5. The third-order valence-electron chi connectivity index (χ3n) is 2.20. The topological polar surface area (TPSA) is 20.3 Å². The Balaban J connectivity index is 4.49. The van der Waals surface area contributed by atoms with Crippen molar-refractivity contribution < 1.29 is 13.6 Å². The van der Waals surface area contributed by atoms with E-state index in [1.165, 1.54) is 4.57 Å². The summed E-state index contributed by atoms with van der Waals surface area (Å²) in [4.78, 5) is 11.4. The molecule has 0 atom stereocenters. The molecular weight excluding hydrogens is 204 g/mol. The lowest BCUT2D eigenvalue weighted by Crippen LogP contribution is -2.49.